The fourth-order valence-electron chi connectivity index (χ4n) is 2.38. The van der Waals surface area contributed by atoms with E-state index < -0.39 is 10.0 Å². The van der Waals surface area contributed by atoms with Gasteiger partial charge in [-0.05, 0) is 47.5 Å². The Bertz CT molecular complexity index is 963. The van der Waals surface area contributed by atoms with Crippen molar-refractivity contribution in [3.05, 3.63) is 63.2 Å². The molecule has 0 amide bonds. The van der Waals surface area contributed by atoms with Gasteiger partial charge in [0.25, 0.3) is 10.0 Å². The number of aryl methyl sites for hydroxylation is 1. The summed E-state index contributed by atoms with van der Waals surface area (Å²) in [5, 5.41) is 4.47. The zero-order valence-corrected chi connectivity index (χ0v) is 16.4. The highest BCUT2D eigenvalue weighted by Gasteiger charge is 2.21. The molecule has 2 aromatic heterocycles. The Kier molecular flexibility index (Phi) is 4.80. The minimum absolute atomic E-state index is 0.268. The van der Waals surface area contributed by atoms with Crippen molar-refractivity contribution in [1.82, 2.24) is 9.78 Å². The van der Waals surface area contributed by atoms with E-state index in [1.807, 2.05) is 41.9 Å². The van der Waals surface area contributed by atoms with Crippen molar-refractivity contribution < 1.29 is 8.42 Å². The lowest BCUT2D eigenvalue weighted by molar-refractivity contribution is 0.603. The van der Waals surface area contributed by atoms with Gasteiger partial charge in [-0.1, -0.05) is 30.3 Å². The molecule has 0 radical (unpaired) electrons. The maximum absolute atomic E-state index is 12.5. The van der Waals surface area contributed by atoms with Gasteiger partial charge >= 0.3 is 0 Å². The molecule has 0 fully saturated rings. The predicted molar refractivity (Wildman–Crippen MR) is 100 cm³/mol. The number of benzene rings is 1. The van der Waals surface area contributed by atoms with Crippen molar-refractivity contribution in [2.75, 3.05) is 4.72 Å². The number of aromatic nitrogens is 2. The van der Waals surface area contributed by atoms with E-state index in [0.717, 1.165) is 15.0 Å². The van der Waals surface area contributed by atoms with Gasteiger partial charge < -0.3 is 0 Å². The molecule has 0 saturated carbocycles. The van der Waals surface area contributed by atoms with Gasteiger partial charge in [0.2, 0.25) is 0 Å². The van der Waals surface area contributed by atoms with E-state index in [1.54, 1.807) is 19.1 Å². The zero-order chi connectivity index (χ0) is 17.3. The first-order valence-corrected chi connectivity index (χ1v) is 10.3. The second-order valence-electron chi connectivity index (χ2n) is 5.35. The second kappa shape index (κ2) is 6.70. The molecule has 24 heavy (non-hydrogen) atoms. The summed E-state index contributed by atoms with van der Waals surface area (Å²) in [6.45, 7) is 4.27. The molecule has 0 saturated heterocycles. The van der Waals surface area contributed by atoms with E-state index in [4.69, 9.17) is 0 Å². The first-order chi connectivity index (χ1) is 11.4. The summed E-state index contributed by atoms with van der Waals surface area (Å²) in [6, 6.07) is 13.2. The fraction of sp³-hybridized carbons (Fsp3) is 0.188. The Morgan fingerprint density at radius 1 is 1.17 bits per heavy atom. The predicted octanol–water partition coefficient (Wildman–Crippen LogP) is 4.17. The van der Waals surface area contributed by atoms with Gasteiger partial charge in [-0.25, -0.2) is 8.42 Å². The fourth-order valence-corrected chi connectivity index (χ4v) is 5.57. The molecule has 0 aliphatic rings. The lowest BCUT2D eigenvalue weighted by Gasteiger charge is -2.08. The summed E-state index contributed by atoms with van der Waals surface area (Å²) < 4.78 is 30.6. The van der Waals surface area contributed by atoms with E-state index >= 15 is 0 Å². The molecule has 1 N–H and O–H groups in total. The normalized spacial score (nSPS) is 11.6. The van der Waals surface area contributed by atoms with Crippen LogP contribution >= 0.6 is 27.3 Å². The van der Waals surface area contributed by atoms with Crippen LogP contribution in [-0.2, 0) is 16.6 Å². The highest BCUT2D eigenvalue weighted by Crippen LogP contribution is 2.29. The molecule has 0 aliphatic carbocycles. The number of halogens is 1. The SMILES string of the molecule is Cc1nn(Cc2ccccc2)c(C)c1NS(=O)(=O)c1ccc(Br)s1. The Hall–Kier alpha value is -1.64. The number of thiophene rings is 1. The van der Waals surface area contributed by atoms with Crippen LogP contribution in [-0.4, -0.2) is 18.2 Å². The molecular formula is C16H16BrN3O2S2. The van der Waals surface area contributed by atoms with Crippen molar-refractivity contribution in [2.24, 2.45) is 0 Å². The molecule has 0 aliphatic heterocycles. The molecule has 1 aromatic carbocycles. The van der Waals surface area contributed by atoms with Gasteiger partial charge in [-0.2, -0.15) is 5.10 Å². The highest BCUT2D eigenvalue weighted by molar-refractivity contribution is 9.11. The Balaban J connectivity index is 1.89. The van der Waals surface area contributed by atoms with Crippen LogP contribution in [0.1, 0.15) is 17.0 Å². The standard InChI is InChI=1S/C16H16BrN3O2S2/c1-11-16(19-24(21,22)15-9-8-14(17)23-15)12(2)20(18-11)10-13-6-4-3-5-7-13/h3-9,19H,10H2,1-2H3. The second-order valence-corrected chi connectivity index (χ2v) is 9.73. The molecule has 126 valence electrons. The van der Waals surface area contributed by atoms with Crippen molar-refractivity contribution in [3.8, 4) is 0 Å². The molecule has 5 nitrogen and oxygen atoms in total. The van der Waals surface area contributed by atoms with Crippen LogP contribution in [0.3, 0.4) is 0 Å². The van der Waals surface area contributed by atoms with Gasteiger partial charge in [0, 0.05) is 0 Å². The van der Waals surface area contributed by atoms with Gasteiger partial charge in [-0.3, -0.25) is 9.40 Å². The van der Waals surface area contributed by atoms with E-state index in [-0.39, 0.29) is 4.21 Å². The van der Waals surface area contributed by atoms with Crippen molar-refractivity contribution >= 4 is 43.0 Å². The van der Waals surface area contributed by atoms with Gasteiger partial charge in [-0.15, -0.1) is 11.3 Å². The third-order valence-corrected chi connectivity index (χ3v) is 7.07. The number of anilines is 1. The molecule has 2 heterocycles. The largest absolute Gasteiger partial charge is 0.275 e. The summed E-state index contributed by atoms with van der Waals surface area (Å²) in [6.07, 6.45) is 0. The lowest BCUT2D eigenvalue weighted by atomic mass is 10.2. The van der Waals surface area contributed by atoms with Crippen LogP contribution < -0.4 is 4.72 Å². The number of nitrogens with one attached hydrogen (secondary N) is 1. The maximum atomic E-state index is 12.5. The van der Waals surface area contributed by atoms with Crippen molar-refractivity contribution in [3.63, 3.8) is 0 Å². The monoisotopic (exact) mass is 425 g/mol. The molecular weight excluding hydrogens is 410 g/mol. The lowest BCUT2D eigenvalue weighted by Crippen LogP contribution is -2.13. The minimum atomic E-state index is -3.61. The van der Waals surface area contributed by atoms with E-state index in [1.165, 1.54) is 11.3 Å². The zero-order valence-electron chi connectivity index (χ0n) is 13.2. The first kappa shape index (κ1) is 17.2. The Labute approximate surface area is 153 Å². The van der Waals surface area contributed by atoms with Gasteiger partial charge in [0.15, 0.2) is 0 Å². The summed E-state index contributed by atoms with van der Waals surface area (Å²) in [5.41, 5.74) is 3.09. The molecule has 3 aromatic rings. The van der Waals surface area contributed by atoms with Crippen LogP contribution in [0.25, 0.3) is 0 Å². The van der Waals surface area contributed by atoms with E-state index in [2.05, 4.69) is 25.8 Å². The smallest absolute Gasteiger partial charge is 0.271 e. The third-order valence-electron chi connectivity index (χ3n) is 3.61. The Morgan fingerprint density at radius 3 is 2.50 bits per heavy atom. The van der Waals surface area contributed by atoms with Crippen LogP contribution in [0, 0.1) is 13.8 Å². The van der Waals surface area contributed by atoms with Crippen LogP contribution in [0.15, 0.2) is 50.5 Å². The molecule has 0 unspecified atom stereocenters. The number of rotatable bonds is 5. The maximum Gasteiger partial charge on any atom is 0.271 e. The average molecular weight is 426 g/mol. The average Bonchev–Trinajstić information content (AvgIpc) is 3.08. The Morgan fingerprint density at radius 2 is 1.88 bits per heavy atom. The van der Waals surface area contributed by atoms with Crippen LogP contribution in [0.4, 0.5) is 5.69 Å². The number of nitrogens with zero attached hydrogens (tertiary/aromatic N) is 2. The van der Waals surface area contributed by atoms with Crippen molar-refractivity contribution in [2.45, 2.75) is 24.6 Å². The summed E-state index contributed by atoms with van der Waals surface area (Å²) in [7, 11) is -3.61. The highest BCUT2D eigenvalue weighted by atomic mass is 79.9. The topological polar surface area (TPSA) is 64.0 Å². The molecule has 0 spiro atoms. The van der Waals surface area contributed by atoms with Gasteiger partial charge in [0.1, 0.15) is 4.21 Å². The first-order valence-electron chi connectivity index (χ1n) is 7.23. The summed E-state index contributed by atoms with van der Waals surface area (Å²) >= 11 is 4.46. The number of sulfonamides is 1. The minimum Gasteiger partial charge on any atom is -0.275 e. The molecule has 0 bridgehead atoms. The summed E-state index contributed by atoms with van der Waals surface area (Å²) in [5.74, 6) is 0. The number of hydrogen-bond acceptors (Lipinski definition) is 4. The molecule has 8 heteroatoms. The van der Waals surface area contributed by atoms with Gasteiger partial charge in [0.05, 0.1) is 27.4 Å². The molecule has 0 atom stereocenters. The van der Waals surface area contributed by atoms with Crippen LogP contribution in [0.5, 0.6) is 0 Å². The van der Waals surface area contributed by atoms with Crippen molar-refractivity contribution in [1.29, 1.82) is 0 Å². The third kappa shape index (κ3) is 3.55. The quantitative estimate of drug-likeness (QED) is 0.666. The molecule has 3 rings (SSSR count). The van der Waals surface area contributed by atoms with E-state index in [9.17, 15) is 8.42 Å². The summed E-state index contributed by atoms with van der Waals surface area (Å²) in [4.78, 5) is 0. The van der Waals surface area contributed by atoms with Crippen LogP contribution in [0.2, 0.25) is 0 Å². The number of hydrogen-bond donors (Lipinski definition) is 1. The van der Waals surface area contributed by atoms with E-state index in [0.29, 0.717) is 17.9 Å².